The van der Waals surface area contributed by atoms with Crippen molar-refractivity contribution in [1.29, 1.82) is 0 Å². The zero-order valence-corrected chi connectivity index (χ0v) is 15.3. The predicted octanol–water partition coefficient (Wildman–Crippen LogP) is 2.45. The highest BCUT2D eigenvalue weighted by molar-refractivity contribution is 5.99. The van der Waals surface area contributed by atoms with Crippen LogP contribution in [-0.2, 0) is 4.79 Å². The van der Waals surface area contributed by atoms with Gasteiger partial charge in [-0.15, -0.1) is 12.4 Å². The second-order valence-corrected chi connectivity index (χ2v) is 7.20. The maximum atomic E-state index is 12.9. The molecule has 0 saturated carbocycles. The molecule has 1 aromatic rings. The molecule has 3 aliphatic rings. The normalized spacial score (nSPS) is 26.2. The molecule has 1 aromatic carbocycles. The summed E-state index contributed by atoms with van der Waals surface area (Å²) in [6.07, 6.45) is 4.97. The monoisotopic (exact) mass is 363 g/mol. The van der Waals surface area contributed by atoms with Crippen LogP contribution in [-0.4, -0.2) is 48.9 Å². The van der Waals surface area contributed by atoms with Crippen LogP contribution in [0.1, 0.15) is 42.5 Å². The number of halogens is 1. The Kier molecular flexibility index (Phi) is 5.64. The van der Waals surface area contributed by atoms with E-state index >= 15 is 0 Å². The standard InChI is InChI=1S/C19H25N3O2.ClH/c23-18-7-3-10-22(18)16-6-1-4-14(12-16)19(24)21-11-8-17-15(13-21)5-2-9-20-17;/h1,4,6,12,15,17,20H,2-3,5,7-11,13H2;1H/t15-,17+;/m1./s1. The van der Waals surface area contributed by atoms with Crippen molar-refractivity contribution < 1.29 is 9.59 Å². The van der Waals surface area contributed by atoms with Crippen LogP contribution in [0.25, 0.3) is 0 Å². The number of anilines is 1. The van der Waals surface area contributed by atoms with Gasteiger partial charge < -0.3 is 15.1 Å². The van der Waals surface area contributed by atoms with E-state index in [1.54, 1.807) is 4.90 Å². The molecule has 4 rings (SSSR count). The Morgan fingerprint density at radius 2 is 2.04 bits per heavy atom. The minimum atomic E-state index is 0. The zero-order valence-electron chi connectivity index (χ0n) is 14.4. The van der Waals surface area contributed by atoms with E-state index in [4.69, 9.17) is 0 Å². The molecular weight excluding hydrogens is 338 g/mol. The Morgan fingerprint density at radius 1 is 1.16 bits per heavy atom. The van der Waals surface area contributed by atoms with Gasteiger partial charge in [-0.2, -0.15) is 0 Å². The fourth-order valence-corrected chi connectivity index (χ4v) is 4.34. The van der Waals surface area contributed by atoms with Gasteiger partial charge in [0.05, 0.1) is 0 Å². The fraction of sp³-hybridized carbons (Fsp3) is 0.579. The van der Waals surface area contributed by atoms with Crippen LogP contribution in [0.15, 0.2) is 24.3 Å². The van der Waals surface area contributed by atoms with Gasteiger partial charge in [-0.25, -0.2) is 0 Å². The van der Waals surface area contributed by atoms with E-state index in [0.29, 0.717) is 23.9 Å². The molecule has 2 atom stereocenters. The number of rotatable bonds is 2. The summed E-state index contributed by atoms with van der Waals surface area (Å²) < 4.78 is 0. The van der Waals surface area contributed by atoms with Gasteiger partial charge in [-0.1, -0.05) is 6.07 Å². The van der Waals surface area contributed by atoms with Gasteiger partial charge in [-0.05, 0) is 56.3 Å². The molecule has 5 nitrogen and oxygen atoms in total. The van der Waals surface area contributed by atoms with Crippen molar-refractivity contribution in [2.45, 2.75) is 38.1 Å². The number of likely N-dealkylation sites (tertiary alicyclic amines) is 1. The minimum absolute atomic E-state index is 0. The second kappa shape index (κ2) is 7.75. The molecule has 25 heavy (non-hydrogen) atoms. The third kappa shape index (κ3) is 3.67. The number of carbonyl (C=O) groups excluding carboxylic acids is 2. The maximum Gasteiger partial charge on any atom is 0.253 e. The van der Waals surface area contributed by atoms with E-state index in [0.717, 1.165) is 44.7 Å². The van der Waals surface area contributed by atoms with Crippen molar-refractivity contribution >= 4 is 29.9 Å². The third-order valence-corrected chi connectivity index (χ3v) is 5.66. The summed E-state index contributed by atoms with van der Waals surface area (Å²) in [5, 5.41) is 3.59. The van der Waals surface area contributed by atoms with Crippen molar-refractivity contribution in [2.75, 3.05) is 31.1 Å². The number of amides is 2. The second-order valence-electron chi connectivity index (χ2n) is 7.20. The molecule has 0 aliphatic carbocycles. The first-order valence-corrected chi connectivity index (χ1v) is 9.15. The number of nitrogens with one attached hydrogen (secondary N) is 1. The molecule has 0 spiro atoms. The lowest BCUT2D eigenvalue weighted by Crippen LogP contribution is -2.53. The fourth-order valence-electron chi connectivity index (χ4n) is 4.34. The lowest BCUT2D eigenvalue weighted by Gasteiger charge is -2.41. The summed E-state index contributed by atoms with van der Waals surface area (Å²) in [6, 6.07) is 8.16. The highest BCUT2D eigenvalue weighted by atomic mass is 35.5. The number of benzene rings is 1. The quantitative estimate of drug-likeness (QED) is 0.878. The summed E-state index contributed by atoms with van der Waals surface area (Å²) in [7, 11) is 0. The summed E-state index contributed by atoms with van der Waals surface area (Å²) in [4.78, 5) is 28.7. The molecule has 2 amide bonds. The van der Waals surface area contributed by atoms with Gasteiger partial charge in [-0.3, -0.25) is 9.59 Å². The largest absolute Gasteiger partial charge is 0.338 e. The molecule has 1 N–H and O–H groups in total. The van der Waals surface area contributed by atoms with E-state index < -0.39 is 0 Å². The molecule has 0 aromatic heterocycles. The molecule has 0 unspecified atom stereocenters. The lowest BCUT2D eigenvalue weighted by atomic mass is 9.85. The highest BCUT2D eigenvalue weighted by Crippen LogP contribution is 2.27. The minimum Gasteiger partial charge on any atom is -0.338 e. The Hall–Kier alpha value is -1.59. The van der Waals surface area contributed by atoms with E-state index in [9.17, 15) is 9.59 Å². The van der Waals surface area contributed by atoms with Crippen LogP contribution >= 0.6 is 12.4 Å². The highest BCUT2D eigenvalue weighted by Gasteiger charge is 2.33. The van der Waals surface area contributed by atoms with E-state index in [1.165, 1.54) is 12.8 Å². The Bertz CT molecular complexity index is 651. The first kappa shape index (κ1) is 18.2. The molecule has 3 fully saturated rings. The smallest absolute Gasteiger partial charge is 0.253 e. The van der Waals surface area contributed by atoms with Gasteiger partial charge >= 0.3 is 0 Å². The predicted molar refractivity (Wildman–Crippen MR) is 100 cm³/mol. The first-order chi connectivity index (χ1) is 11.7. The molecule has 0 radical (unpaired) electrons. The molecule has 6 heteroatoms. The Labute approximate surface area is 155 Å². The van der Waals surface area contributed by atoms with Gasteiger partial charge in [0.1, 0.15) is 0 Å². The average Bonchev–Trinajstić information content (AvgIpc) is 3.07. The number of hydrogen-bond donors (Lipinski definition) is 1. The summed E-state index contributed by atoms with van der Waals surface area (Å²) in [5.41, 5.74) is 1.56. The van der Waals surface area contributed by atoms with Crippen LogP contribution in [0, 0.1) is 5.92 Å². The summed E-state index contributed by atoms with van der Waals surface area (Å²) in [6.45, 7) is 3.54. The molecular formula is C19H26ClN3O2. The number of nitrogens with zero attached hydrogens (tertiary/aromatic N) is 2. The summed E-state index contributed by atoms with van der Waals surface area (Å²) >= 11 is 0. The summed E-state index contributed by atoms with van der Waals surface area (Å²) in [5.74, 6) is 0.848. The maximum absolute atomic E-state index is 12.9. The van der Waals surface area contributed by atoms with Gasteiger partial charge in [0, 0.05) is 43.3 Å². The molecule has 136 valence electrons. The van der Waals surface area contributed by atoms with Crippen LogP contribution in [0.4, 0.5) is 5.69 Å². The molecule has 3 heterocycles. The Morgan fingerprint density at radius 3 is 2.84 bits per heavy atom. The topological polar surface area (TPSA) is 52.7 Å². The number of hydrogen-bond acceptors (Lipinski definition) is 3. The number of fused-ring (bicyclic) bond motifs is 1. The van der Waals surface area contributed by atoms with Crippen molar-refractivity contribution in [3.05, 3.63) is 29.8 Å². The molecule has 3 aliphatic heterocycles. The Balaban J connectivity index is 0.00000182. The van der Waals surface area contributed by atoms with Gasteiger partial charge in [0.15, 0.2) is 0 Å². The van der Waals surface area contributed by atoms with E-state index in [-0.39, 0.29) is 24.2 Å². The van der Waals surface area contributed by atoms with Crippen LogP contribution in [0.3, 0.4) is 0 Å². The van der Waals surface area contributed by atoms with Gasteiger partial charge in [0.2, 0.25) is 5.91 Å². The van der Waals surface area contributed by atoms with Crippen molar-refractivity contribution in [3.63, 3.8) is 0 Å². The van der Waals surface area contributed by atoms with E-state index in [1.807, 2.05) is 29.2 Å². The lowest BCUT2D eigenvalue weighted by molar-refractivity contribution is -0.117. The zero-order chi connectivity index (χ0) is 16.5. The van der Waals surface area contributed by atoms with Crippen molar-refractivity contribution in [1.82, 2.24) is 10.2 Å². The molecule has 0 bridgehead atoms. The average molecular weight is 364 g/mol. The van der Waals surface area contributed by atoms with Gasteiger partial charge in [0.25, 0.3) is 5.91 Å². The third-order valence-electron chi connectivity index (χ3n) is 5.66. The van der Waals surface area contributed by atoms with Crippen LogP contribution < -0.4 is 10.2 Å². The van der Waals surface area contributed by atoms with Crippen molar-refractivity contribution in [3.8, 4) is 0 Å². The SMILES string of the molecule is Cl.O=C(c1cccc(N2CCCC2=O)c1)N1CC[C@@H]2NCCC[C@@H]2C1. The first-order valence-electron chi connectivity index (χ1n) is 9.15. The van der Waals surface area contributed by atoms with Crippen molar-refractivity contribution in [2.24, 2.45) is 5.92 Å². The molecule has 3 saturated heterocycles. The van der Waals surface area contributed by atoms with Crippen LogP contribution in [0.2, 0.25) is 0 Å². The number of carbonyl (C=O) groups is 2. The number of piperidine rings is 2. The van der Waals surface area contributed by atoms with Crippen LogP contribution in [0.5, 0.6) is 0 Å². The van der Waals surface area contributed by atoms with E-state index in [2.05, 4.69) is 5.32 Å².